The highest BCUT2D eigenvalue weighted by molar-refractivity contribution is 5.62. The monoisotopic (exact) mass is 286 g/mol. The molecular weight excluding hydrogens is 276 g/mol. The molecule has 3 rings (SSSR count). The van der Waals surface area contributed by atoms with E-state index in [1.165, 1.54) is 10.9 Å². The van der Waals surface area contributed by atoms with Crippen LogP contribution in [-0.4, -0.2) is 29.9 Å². The molecule has 0 fully saturated rings. The van der Waals surface area contributed by atoms with E-state index < -0.39 is 4.92 Å². The molecule has 9 nitrogen and oxygen atoms in total. The van der Waals surface area contributed by atoms with Gasteiger partial charge in [0.05, 0.1) is 4.92 Å². The summed E-state index contributed by atoms with van der Waals surface area (Å²) in [6.45, 7) is 2.33. The molecule has 0 aliphatic rings. The van der Waals surface area contributed by atoms with Gasteiger partial charge in [-0.15, -0.1) is 10.2 Å². The number of aromatic nitrogens is 5. The van der Waals surface area contributed by atoms with Gasteiger partial charge >= 0.3 is 5.69 Å². The van der Waals surface area contributed by atoms with Gasteiger partial charge in [0, 0.05) is 12.7 Å². The van der Waals surface area contributed by atoms with Crippen molar-refractivity contribution in [2.24, 2.45) is 0 Å². The molecule has 0 unspecified atom stereocenters. The number of pyridine rings is 1. The second-order valence-electron chi connectivity index (χ2n) is 4.10. The van der Waals surface area contributed by atoms with Crippen molar-refractivity contribution >= 4 is 5.69 Å². The van der Waals surface area contributed by atoms with Crippen LogP contribution in [0.1, 0.15) is 6.92 Å². The molecule has 21 heavy (non-hydrogen) atoms. The van der Waals surface area contributed by atoms with Gasteiger partial charge in [0.1, 0.15) is 11.9 Å². The average Bonchev–Trinajstić information content (AvgIpc) is 3.14. The van der Waals surface area contributed by atoms with Crippen molar-refractivity contribution in [1.82, 2.24) is 25.0 Å². The highest BCUT2D eigenvalue weighted by Gasteiger charge is 2.25. The highest BCUT2D eigenvalue weighted by atomic mass is 16.6. The minimum atomic E-state index is -0.529. The van der Waals surface area contributed by atoms with E-state index in [0.717, 1.165) is 0 Å². The van der Waals surface area contributed by atoms with Crippen molar-refractivity contribution in [2.75, 3.05) is 0 Å². The maximum absolute atomic E-state index is 11.1. The zero-order chi connectivity index (χ0) is 14.8. The molecule has 0 aliphatic carbocycles. The van der Waals surface area contributed by atoms with E-state index in [-0.39, 0.29) is 23.2 Å². The van der Waals surface area contributed by atoms with Crippen molar-refractivity contribution in [1.29, 1.82) is 0 Å². The fraction of sp³-hybridized carbons (Fsp3) is 0.167. The Hall–Kier alpha value is -3.10. The minimum Gasteiger partial charge on any atom is -0.413 e. The van der Waals surface area contributed by atoms with Crippen LogP contribution in [0.4, 0.5) is 5.69 Å². The summed E-state index contributed by atoms with van der Waals surface area (Å²) < 4.78 is 6.88. The van der Waals surface area contributed by atoms with Crippen LogP contribution in [0.15, 0.2) is 35.0 Å². The van der Waals surface area contributed by atoms with Crippen LogP contribution in [0, 0.1) is 10.1 Å². The van der Waals surface area contributed by atoms with Gasteiger partial charge in [-0.25, -0.2) is 0 Å². The molecule has 0 aliphatic heterocycles. The Kier molecular flexibility index (Phi) is 3.14. The van der Waals surface area contributed by atoms with Gasteiger partial charge in [-0.3, -0.25) is 19.8 Å². The molecule has 0 amide bonds. The third kappa shape index (κ3) is 2.36. The van der Waals surface area contributed by atoms with E-state index in [1.54, 1.807) is 24.4 Å². The van der Waals surface area contributed by atoms with Gasteiger partial charge in [-0.05, 0) is 19.1 Å². The average molecular weight is 286 g/mol. The Morgan fingerprint density at radius 1 is 1.33 bits per heavy atom. The van der Waals surface area contributed by atoms with Gasteiger partial charge in [0.15, 0.2) is 0 Å². The zero-order valence-corrected chi connectivity index (χ0v) is 11.0. The maximum atomic E-state index is 11.1. The van der Waals surface area contributed by atoms with E-state index in [9.17, 15) is 10.1 Å². The quantitative estimate of drug-likeness (QED) is 0.531. The molecule has 0 aromatic carbocycles. The van der Waals surface area contributed by atoms with Crippen LogP contribution >= 0.6 is 0 Å². The number of aryl methyl sites for hydroxylation is 1. The van der Waals surface area contributed by atoms with Crippen molar-refractivity contribution in [3.63, 3.8) is 0 Å². The summed E-state index contributed by atoms with van der Waals surface area (Å²) in [5, 5.41) is 22.8. The topological polar surface area (TPSA) is 113 Å². The summed E-state index contributed by atoms with van der Waals surface area (Å²) in [5.74, 6) is 0.181. The Balaban J connectivity index is 2.04. The Morgan fingerprint density at radius 3 is 2.81 bits per heavy atom. The van der Waals surface area contributed by atoms with E-state index in [0.29, 0.717) is 12.2 Å². The van der Waals surface area contributed by atoms with Crippen LogP contribution in [0.3, 0.4) is 0 Å². The first kappa shape index (κ1) is 12.9. The van der Waals surface area contributed by atoms with Crippen molar-refractivity contribution in [3.05, 3.63) is 40.7 Å². The summed E-state index contributed by atoms with van der Waals surface area (Å²) >= 11 is 0. The lowest BCUT2D eigenvalue weighted by Crippen LogP contribution is -1.93. The van der Waals surface area contributed by atoms with Crippen LogP contribution in [0.2, 0.25) is 0 Å². The molecule has 0 bridgehead atoms. The Labute approximate surface area is 118 Å². The van der Waals surface area contributed by atoms with Gasteiger partial charge in [0.2, 0.25) is 5.69 Å². The first-order valence-corrected chi connectivity index (χ1v) is 6.16. The molecule has 3 aromatic heterocycles. The Bertz CT molecular complexity index is 779. The SMILES string of the molecule is CCn1cc([N+](=O)[O-])c(-c2nnc(-c3ccccn3)o2)n1. The highest BCUT2D eigenvalue weighted by Crippen LogP contribution is 2.28. The third-order valence-electron chi connectivity index (χ3n) is 2.77. The third-order valence-corrected chi connectivity index (χ3v) is 2.77. The summed E-state index contributed by atoms with van der Waals surface area (Å²) in [7, 11) is 0. The second-order valence-corrected chi connectivity index (χ2v) is 4.10. The van der Waals surface area contributed by atoms with Crippen molar-refractivity contribution in [2.45, 2.75) is 13.5 Å². The molecule has 0 saturated carbocycles. The molecule has 0 spiro atoms. The summed E-state index contributed by atoms with van der Waals surface area (Å²) in [4.78, 5) is 14.6. The number of rotatable bonds is 4. The molecule has 3 heterocycles. The Morgan fingerprint density at radius 2 is 2.14 bits per heavy atom. The van der Waals surface area contributed by atoms with Crippen LogP contribution in [0.25, 0.3) is 23.2 Å². The summed E-state index contributed by atoms with van der Waals surface area (Å²) in [6.07, 6.45) is 2.92. The van der Waals surface area contributed by atoms with Crippen LogP contribution < -0.4 is 0 Å². The standard InChI is InChI=1S/C12H10N6O3/c1-2-17-7-9(18(19)20)10(16-17)12-15-14-11(21-12)8-5-3-4-6-13-8/h3-7H,2H2,1H3. The van der Waals surface area contributed by atoms with Crippen LogP contribution in [0.5, 0.6) is 0 Å². The molecule has 0 radical (unpaired) electrons. The number of hydrogen-bond acceptors (Lipinski definition) is 7. The zero-order valence-electron chi connectivity index (χ0n) is 11.0. The van der Waals surface area contributed by atoms with Gasteiger partial charge in [-0.1, -0.05) is 6.07 Å². The fourth-order valence-corrected chi connectivity index (χ4v) is 1.77. The summed E-state index contributed by atoms with van der Waals surface area (Å²) in [6, 6.07) is 5.24. The predicted octanol–water partition coefficient (Wildman–Crippen LogP) is 1.92. The lowest BCUT2D eigenvalue weighted by Gasteiger charge is -1.91. The first-order valence-electron chi connectivity index (χ1n) is 6.16. The van der Waals surface area contributed by atoms with Gasteiger partial charge in [0.25, 0.3) is 11.8 Å². The van der Waals surface area contributed by atoms with Gasteiger partial charge in [-0.2, -0.15) is 5.10 Å². The largest absolute Gasteiger partial charge is 0.413 e. The molecule has 9 heteroatoms. The molecular formula is C12H10N6O3. The predicted molar refractivity (Wildman–Crippen MR) is 71.1 cm³/mol. The smallest absolute Gasteiger partial charge is 0.320 e. The maximum Gasteiger partial charge on any atom is 0.320 e. The molecule has 0 N–H and O–H groups in total. The number of nitrogens with zero attached hydrogens (tertiary/aromatic N) is 6. The normalized spacial score (nSPS) is 10.7. The van der Waals surface area contributed by atoms with E-state index in [1.807, 2.05) is 6.92 Å². The fourth-order valence-electron chi connectivity index (χ4n) is 1.77. The minimum absolute atomic E-state index is 0.00504. The lowest BCUT2D eigenvalue weighted by atomic mass is 10.3. The number of nitro groups is 1. The van der Waals surface area contributed by atoms with Crippen molar-refractivity contribution in [3.8, 4) is 23.2 Å². The lowest BCUT2D eigenvalue weighted by molar-refractivity contribution is -0.384. The first-order chi connectivity index (χ1) is 10.2. The molecule has 0 atom stereocenters. The molecule has 106 valence electrons. The van der Waals surface area contributed by atoms with Crippen molar-refractivity contribution < 1.29 is 9.34 Å². The van der Waals surface area contributed by atoms with E-state index in [2.05, 4.69) is 20.3 Å². The summed E-state index contributed by atoms with van der Waals surface area (Å²) in [5.41, 5.74) is 0.374. The number of hydrogen-bond donors (Lipinski definition) is 0. The van der Waals surface area contributed by atoms with E-state index >= 15 is 0 Å². The second kappa shape index (κ2) is 5.12. The van der Waals surface area contributed by atoms with Gasteiger partial charge < -0.3 is 4.42 Å². The molecule has 3 aromatic rings. The van der Waals surface area contributed by atoms with Crippen LogP contribution in [-0.2, 0) is 6.54 Å². The molecule has 0 saturated heterocycles. The van der Waals surface area contributed by atoms with E-state index in [4.69, 9.17) is 4.42 Å².